The van der Waals surface area contributed by atoms with Gasteiger partial charge in [0.15, 0.2) is 0 Å². The number of pyridine rings is 1. The lowest BCUT2D eigenvalue weighted by molar-refractivity contribution is -0.139. The third kappa shape index (κ3) is 7.21. The highest BCUT2D eigenvalue weighted by molar-refractivity contribution is 7.98. The van der Waals surface area contributed by atoms with Crippen LogP contribution in [0.2, 0.25) is 0 Å². The average molecular weight is 556 g/mol. The van der Waals surface area contributed by atoms with E-state index < -0.39 is 12.0 Å². The van der Waals surface area contributed by atoms with E-state index in [0.29, 0.717) is 24.3 Å². The number of benzene rings is 3. The Morgan fingerprint density at radius 1 is 1.00 bits per heavy atom. The van der Waals surface area contributed by atoms with E-state index in [9.17, 15) is 14.7 Å². The number of para-hydroxylation sites is 1. The molecule has 0 saturated carbocycles. The van der Waals surface area contributed by atoms with Crippen molar-refractivity contribution in [2.75, 3.05) is 23.5 Å². The zero-order valence-corrected chi connectivity index (χ0v) is 24.2. The first-order chi connectivity index (χ1) is 19.4. The van der Waals surface area contributed by atoms with Crippen molar-refractivity contribution in [3.63, 3.8) is 0 Å². The number of carboxylic acids is 1. The number of nitrogens with zero attached hydrogens (tertiary/aromatic N) is 2. The molecule has 40 heavy (non-hydrogen) atoms. The molecule has 7 heteroatoms. The zero-order valence-electron chi connectivity index (χ0n) is 23.4. The van der Waals surface area contributed by atoms with Crippen LogP contribution in [0.5, 0.6) is 0 Å². The smallest absolute Gasteiger partial charge is 0.326 e. The van der Waals surface area contributed by atoms with E-state index in [0.717, 1.165) is 58.4 Å². The lowest BCUT2D eigenvalue weighted by Crippen LogP contribution is -2.41. The highest BCUT2D eigenvalue weighted by Crippen LogP contribution is 2.30. The third-order valence-electron chi connectivity index (χ3n) is 7.04. The van der Waals surface area contributed by atoms with Crippen LogP contribution in [0.1, 0.15) is 47.7 Å². The normalized spacial score (nSPS) is 11.8. The maximum absolute atomic E-state index is 13.4. The number of rotatable bonds is 13. The van der Waals surface area contributed by atoms with Gasteiger partial charge in [0.2, 0.25) is 0 Å². The fourth-order valence-electron chi connectivity index (χ4n) is 4.79. The molecule has 1 heterocycles. The number of fused-ring (bicyclic) bond motifs is 1. The third-order valence-corrected chi connectivity index (χ3v) is 7.68. The van der Waals surface area contributed by atoms with Crippen LogP contribution >= 0.6 is 11.8 Å². The van der Waals surface area contributed by atoms with Gasteiger partial charge >= 0.3 is 5.97 Å². The molecule has 6 nitrogen and oxygen atoms in total. The summed E-state index contributed by atoms with van der Waals surface area (Å²) in [5.41, 5.74) is 5.28. The Morgan fingerprint density at radius 2 is 1.77 bits per heavy atom. The van der Waals surface area contributed by atoms with Gasteiger partial charge in [0, 0.05) is 24.0 Å². The first kappa shape index (κ1) is 29.2. The standard InChI is InChI=1S/C33H37N3O3S/c1-4-5-19-36(31-17-15-25-11-7-9-13-29(25)34-31)22-24-14-16-27(28(21-24)26-12-8-6-10-23(26)2)32(37)35-30(33(38)39)18-20-40-3/h6-17,21,30H,4-5,18-20,22H2,1-3H3,(H,35,37)(H,38,39)/t30-/m0/s1. The molecule has 0 bridgehead atoms. The second-order valence-electron chi connectivity index (χ2n) is 9.98. The Kier molecular flexibility index (Phi) is 10.2. The second kappa shape index (κ2) is 14.0. The molecule has 2 N–H and O–H groups in total. The highest BCUT2D eigenvalue weighted by atomic mass is 32.2. The lowest BCUT2D eigenvalue weighted by Gasteiger charge is -2.25. The summed E-state index contributed by atoms with van der Waals surface area (Å²) in [5.74, 6) is 0.171. The maximum Gasteiger partial charge on any atom is 0.326 e. The lowest BCUT2D eigenvalue weighted by atomic mass is 9.93. The summed E-state index contributed by atoms with van der Waals surface area (Å²) in [6.45, 7) is 5.70. The van der Waals surface area contributed by atoms with Crippen molar-refractivity contribution in [3.05, 3.63) is 95.6 Å². The SMILES string of the molecule is CCCCN(Cc1ccc(C(=O)N[C@@H](CCSC)C(=O)O)c(-c2ccccc2C)c1)c1ccc2ccccc2n1. The Labute approximate surface area is 240 Å². The van der Waals surface area contributed by atoms with E-state index in [1.54, 1.807) is 11.8 Å². The van der Waals surface area contributed by atoms with Gasteiger partial charge < -0.3 is 15.3 Å². The molecule has 0 saturated heterocycles. The summed E-state index contributed by atoms with van der Waals surface area (Å²) in [5, 5.41) is 13.5. The number of hydrogen-bond acceptors (Lipinski definition) is 5. The van der Waals surface area contributed by atoms with Crippen LogP contribution in [-0.2, 0) is 11.3 Å². The van der Waals surface area contributed by atoms with Crippen molar-refractivity contribution in [2.45, 2.75) is 45.7 Å². The predicted molar refractivity (Wildman–Crippen MR) is 166 cm³/mol. The molecule has 4 aromatic rings. The Bertz CT molecular complexity index is 1470. The van der Waals surface area contributed by atoms with Gasteiger partial charge in [-0.1, -0.05) is 61.9 Å². The number of carboxylic acid groups (broad SMARTS) is 1. The number of aliphatic carboxylic acids is 1. The first-order valence-corrected chi connectivity index (χ1v) is 15.1. The molecule has 1 aromatic heterocycles. The van der Waals surface area contributed by atoms with E-state index in [1.165, 1.54) is 0 Å². The van der Waals surface area contributed by atoms with Gasteiger partial charge in [-0.05, 0) is 84.4 Å². The van der Waals surface area contributed by atoms with Crippen molar-refractivity contribution in [3.8, 4) is 11.1 Å². The summed E-state index contributed by atoms with van der Waals surface area (Å²) < 4.78 is 0. The van der Waals surface area contributed by atoms with E-state index in [1.807, 2.05) is 67.8 Å². The topological polar surface area (TPSA) is 82.5 Å². The summed E-state index contributed by atoms with van der Waals surface area (Å²) in [6.07, 6.45) is 4.39. The number of nitrogens with one attached hydrogen (secondary N) is 1. The van der Waals surface area contributed by atoms with Crippen LogP contribution in [0, 0.1) is 6.92 Å². The zero-order chi connectivity index (χ0) is 28.5. The molecule has 4 rings (SSSR count). The summed E-state index contributed by atoms with van der Waals surface area (Å²) in [4.78, 5) is 32.5. The molecule has 0 aliphatic rings. The van der Waals surface area contributed by atoms with Crippen molar-refractivity contribution >= 4 is 40.4 Å². The molecule has 0 unspecified atom stereocenters. The van der Waals surface area contributed by atoms with Gasteiger partial charge in [-0.2, -0.15) is 11.8 Å². The number of aryl methyl sites for hydroxylation is 1. The van der Waals surface area contributed by atoms with Crippen LogP contribution in [0.25, 0.3) is 22.0 Å². The molecular formula is C33H37N3O3S. The molecule has 3 aromatic carbocycles. The van der Waals surface area contributed by atoms with Crippen molar-refractivity contribution in [1.82, 2.24) is 10.3 Å². The number of amides is 1. The number of hydrogen-bond donors (Lipinski definition) is 2. The number of carbonyl (C=O) groups excluding carboxylic acids is 1. The minimum absolute atomic E-state index is 0.366. The van der Waals surface area contributed by atoms with E-state index in [-0.39, 0.29) is 5.91 Å². The van der Waals surface area contributed by atoms with E-state index in [4.69, 9.17) is 4.98 Å². The molecular weight excluding hydrogens is 518 g/mol. The van der Waals surface area contributed by atoms with Gasteiger partial charge in [0.1, 0.15) is 11.9 Å². The van der Waals surface area contributed by atoms with Crippen LogP contribution in [0.4, 0.5) is 5.82 Å². The number of carbonyl (C=O) groups is 2. The van der Waals surface area contributed by atoms with Crippen LogP contribution in [0.15, 0.2) is 78.9 Å². The average Bonchev–Trinajstić information content (AvgIpc) is 2.97. The molecule has 1 amide bonds. The van der Waals surface area contributed by atoms with Crippen molar-refractivity contribution in [1.29, 1.82) is 0 Å². The summed E-state index contributed by atoms with van der Waals surface area (Å²) >= 11 is 1.56. The molecule has 0 aliphatic heterocycles. The highest BCUT2D eigenvalue weighted by Gasteiger charge is 2.23. The number of thioether (sulfide) groups is 1. The van der Waals surface area contributed by atoms with Gasteiger partial charge in [-0.3, -0.25) is 4.79 Å². The molecule has 0 spiro atoms. The Morgan fingerprint density at radius 3 is 2.52 bits per heavy atom. The fraction of sp³-hybridized carbons (Fsp3) is 0.303. The Hall–Kier alpha value is -3.84. The molecule has 1 atom stereocenters. The first-order valence-electron chi connectivity index (χ1n) is 13.7. The predicted octanol–water partition coefficient (Wildman–Crippen LogP) is 6.95. The van der Waals surface area contributed by atoms with Crippen molar-refractivity contribution < 1.29 is 14.7 Å². The van der Waals surface area contributed by atoms with Gasteiger partial charge in [-0.25, -0.2) is 9.78 Å². The van der Waals surface area contributed by atoms with E-state index in [2.05, 4.69) is 41.4 Å². The maximum atomic E-state index is 13.4. The van der Waals surface area contributed by atoms with Crippen LogP contribution in [0.3, 0.4) is 0 Å². The second-order valence-corrected chi connectivity index (χ2v) is 11.0. The van der Waals surface area contributed by atoms with Crippen LogP contribution < -0.4 is 10.2 Å². The summed E-state index contributed by atoms with van der Waals surface area (Å²) in [6, 6.07) is 25.2. The molecule has 208 valence electrons. The van der Waals surface area contributed by atoms with Gasteiger partial charge in [0.05, 0.1) is 5.52 Å². The van der Waals surface area contributed by atoms with Crippen molar-refractivity contribution in [2.24, 2.45) is 0 Å². The fourth-order valence-corrected chi connectivity index (χ4v) is 5.26. The minimum atomic E-state index is -1.02. The molecule has 0 fully saturated rings. The van der Waals surface area contributed by atoms with Crippen LogP contribution in [-0.4, -0.2) is 46.6 Å². The number of anilines is 1. The molecule has 0 aliphatic carbocycles. The van der Waals surface area contributed by atoms with Gasteiger partial charge in [-0.15, -0.1) is 0 Å². The monoisotopic (exact) mass is 555 g/mol. The Balaban J connectivity index is 1.70. The molecule has 0 radical (unpaired) electrons. The quantitative estimate of drug-likeness (QED) is 0.186. The summed E-state index contributed by atoms with van der Waals surface area (Å²) in [7, 11) is 0. The largest absolute Gasteiger partial charge is 0.480 e. The van der Waals surface area contributed by atoms with Gasteiger partial charge in [0.25, 0.3) is 5.91 Å². The van der Waals surface area contributed by atoms with E-state index >= 15 is 0 Å². The number of unbranched alkanes of at least 4 members (excludes halogenated alkanes) is 1. The number of aromatic nitrogens is 1. The minimum Gasteiger partial charge on any atom is -0.480 e.